The number of hydrogen-bond acceptors (Lipinski definition) is 2. The van der Waals surface area contributed by atoms with Gasteiger partial charge in [0.25, 0.3) is 0 Å². The highest BCUT2D eigenvalue weighted by Crippen LogP contribution is 2.26. The molecule has 2 heterocycles. The lowest BCUT2D eigenvalue weighted by Crippen LogP contribution is -2.43. The number of nitrogens with zero attached hydrogens (tertiary/aromatic N) is 1. The Morgan fingerprint density at radius 3 is 2.85 bits per heavy atom. The van der Waals surface area contributed by atoms with Crippen LogP contribution in [0.25, 0.3) is 0 Å². The first kappa shape index (κ1) is 9.00. The molecule has 74 valence electrons. The van der Waals surface area contributed by atoms with E-state index in [0.29, 0.717) is 17.9 Å². The van der Waals surface area contributed by atoms with Crippen molar-refractivity contribution in [3.8, 4) is 0 Å². The summed E-state index contributed by atoms with van der Waals surface area (Å²) in [4.78, 5) is 13.9. The first-order valence-corrected chi connectivity index (χ1v) is 5.19. The molecule has 0 spiro atoms. The molecular formula is C10H18N2O. The van der Waals surface area contributed by atoms with Crippen molar-refractivity contribution in [2.45, 2.75) is 26.3 Å². The van der Waals surface area contributed by atoms with Crippen molar-refractivity contribution >= 4 is 5.91 Å². The summed E-state index contributed by atoms with van der Waals surface area (Å²) in [6.45, 7) is 7.04. The topological polar surface area (TPSA) is 32.3 Å². The lowest BCUT2D eigenvalue weighted by atomic mass is 10.0. The van der Waals surface area contributed by atoms with Gasteiger partial charge in [-0.05, 0) is 18.9 Å². The molecule has 1 amide bonds. The van der Waals surface area contributed by atoms with E-state index in [2.05, 4.69) is 10.2 Å². The normalized spacial score (nSPS) is 32.7. The Morgan fingerprint density at radius 1 is 1.46 bits per heavy atom. The molecule has 13 heavy (non-hydrogen) atoms. The van der Waals surface area contributed by atoms with Crippen molar-refractivity contribution in [2.24, 2.45) is 11.8 Å². The summed E-state index contributed by atoms with van der Waals surface area (Å²) in [5.41, 5.74) is 0. The van der Waals surface area contributed by atoms with Gasteiger partial charge in [-0.15, -0.1) is 0 Å². The maximum atomic E-state index is 11.8. The third-order valence-electron chi connectivity index (χ3n) is 3.09. The lowest BCUT2D eigenvalue weighted by Gasteiger charge is -2.26. The molecule has 0 aromatic rings. The highest BCUT2D eigenvalue weighted by atomic mass is 16.2. The van der Waals surface area contributed by atoms with Crippen LogP contribution in [-0.2, 0) is 4.79 Å². The van der Waals surface area contributed by atoms with Crippen molar-refractivity contribution in [1.29, 1.82) is 0 Å². The number of fused-ring (bicyclic) bond motifs is 2. The average Bonchev–Trinajstić information content (AvgIpc) is 2.40. The van der Waals surface area contributed by atoms with Crippen LogP contribution in [0.2, 0.25) is 0 Å². The first-order valence-electron chi connectivity index (χ1n) is 5.19. The number of piperidine rings is 1. The maximum Gasteiger partial charge on any atom is 0.225 e. The van der Waals surface area contributed by atoms with Crippen molar-refractivity contribution in [2.75, 3.05) is 19.6 Å². The average molecular weight is 182 g/mol. The smallest absolute Gasteiger partial charge is 0.225 e. The van der Waals surface area contributed by atoms with Gasteiger partial charge in [-0.25, -0.2) is 0 Å². The van der Waals surface area contributed by atoms with Gasteiger partial charge in [0, 0.05) is 25.0 Å². The third-order valence-corrected chi connectivity index (χ3v) is 3.09. The summed E-state index contributed by atoms with van der Waals surface area (Å²) in [6.07, 6.45) is 1.21. The molecule has 1 N–H and O–H groups in total. The quantitative estimate of drug-likeness (QED) is 0.639. The first-order chi connectivity index (χ1) is 6.18. The van der Waals surface area contributed by atoms with Gasteiger partial charge in [-0.3, -0.25) is 4.79 Å². The molecule has 2 atom stereocenters. The summed E-state index contributed by atoms with van der Waals surface area (Å²) >= 11 is 0. The molecular weight excluding hydrogens is 164 g/mol. The summed E-state index contributed by atoms with van der Waals surface area (Å²) in [7, 11) is 0. The molecule has 3 nitrogen and oxygen atoms in total. The minimum absolute atomic E-state index is 0.152. The van der Waals surface area contributed by atoms with E-state index in [1.54, 1.807) is 0 Å². The predicted octanol–water partition coefficient (Wildman–Crippen LogP) is 0.463. The van der Waals surface area contributed by atoms with Crippen LogP contribution in [0.15, 0.2) is 0 Å². The standard InChI is InChI=1S/C10H18N2O/c1-7(2)10(13)12-6-8-3-9(12)5-11-4-8/h7-9,11H,3-6H2,1-2H3/t8-,9+/m0/s1. The molecule has 3 heteroatoms. The van der Waals surface area contributed by atoms with Gasteiger partial charge < -0.3 is 10.2 Å². The summed E-state index contributed by atoms with van der Waals surface area (Å²) in [6, 6.07) is 0.480. The van der Waals surface area contributed by atoms with E-state index in [0.717, 1.165) is 19.6 Å². The molecule has 2 aliphatic heterocycles. The summed E-state index contributed by atoms with van der Waals surface area (Å²) in [5, 5.41) is 3.38. The second-order valence-corrected chi connectivity index (χ2v) is 4.56. The zero-order valence-electron chi connectivity index (χ0n) is 8.42. The highest BCUT2D eigenvalue weighted by Gasteiger charge is 2.38. The van der Waals surface area contributed by atoms with Crippen molar-refractivity contribution in [1.82, 2.24) is 10.2 Å². The van der Waals surface area contributed by atoms with E-state index >= 15 is 0 Å². The van der Waals surface area contributed by atoms with Crippen molar-refractivity contribution in [3.63, 3.8) is 0 Å². The second-order valence-electron chi connectivity index (χ2n) is 4.56. The Bertz CT molecular complexity index is 215. The number of carbonyl (C=O) groups is 1. The van der Waals surface area contributed by atoms with E-state index in [1.165, 1.54) is 6.42 Å². The van der Waals surface area contributed by atoms with E-state index in [9.17, 15) is 4.79 Å². The van der Waals surface area contributed by atoms with Gasteiger partial charge in [0.2, 0.25) is 5.91 Å². The van der Waals surface area contributed by atoms with Gasteiger partial charge >= 0.3 is 0 Å². The zero-order chi connectivity index (χ0) is 9.42. The minimum atomic E-state index is 0.152. The number of amides is 1. The van der Waals surface area contributed by atoms with Crippen LogP contribution in [0.5, 0.6) is 0 Å². The Morgan fingerprint density at radius 2 is 2.23 bits per heavy atom. The molecule has 2 saturated heterocycles. The van der Waals surface area contributed by atoms with Gasteiger partial charge in [0.15, 0.2) is 0 Å². The Hall–Kier alpha value is -0.570. The minimum Gasteiger partial charge on any atom is -0.338 e. The molecule has 0 aromatic carbocycles. The van der Waals surface area contributed by atoms with Crippen molar-refractivity contribution < 1.29 is 4.79 Å². The lowest BCUT2D eigenvalue weighted by molar-refractivity contribution is -0.135. The molecule has 0 radical (unpaired) electrons. The van der Waals surface area contributed by atoms with Gasteiger partial charge in [-0.2, -0.15) is 0 Å². The van der Waals surface area contributed by atoms with Crippen LogP contribution in [0.3, 0.4) is 0 Å². The number of hydrogen-bond donors (Lipinski definition) is 1. The fourth-order valence-corrected chi connectivity index (χ4v) is 2.41. The predicted molar refractivity (Wildman–Crippen MR) is 51.3 cm³/mol. The monoisotopic (exact) mass is 182 g/mol. The molecule has 2 rings (SSSR count). The third kappa shape index (κ3) is 1.57. The largest absolute Gasteiger partial charge is 0.338 e. The Balaban J connectivity index is 2.04. The molecule has 2 fully saturated rings. The van der Waals surface area contributed by atoms with E-state index in [1.807, 2.05) is 13.8 Å². The number of nitrogens with one attached hydrogen (secondary N) is 1. The Kier molecular flexibility index (Phi) is 2.28. The number of carbonyl (C=O) groups excluding carboxylic acids is 1. The van der Waals surface area contributed by atoms with Gasteiger partial charge in [0.1, 0.15) is 0 Å². The summed E-state index contributed by atoms with van der Waals surface area (Å²) in [5.74, 6) is 1.19. The van der Waals surface area contributed by atoms with Crippen LogP contribution < -0.4 is 5.32 Å². The highest BCUT2D eigenvalue weighted by molar-refractivity contribution is 5.78. The Labute approximate surface area is 79.5 Å². The number of likely N-dealkylation sites (tertiary alicyclic amines) is 1. The van der Waals surface area contributed by atoms with E-state index in [4.69, 9.17) is 0 Å². The fourth-order valence-electron chi connectivity index (χ4n) is 2.41. The van der Waals surface area contributed by atoms with E-state index in [-0.39, 0.29) is 5.92 Å². The van der Waals surface area contributed by atoms with Crippen LogP contribution >= 0.6 is 0 Å². The zero-order valence-corrected chi connectivity index (χ0v) is 8.42. The molecule has 0 unspecified atom stereocenters. The maximum absolute atomic E-state index is 11.8. The van der Waals surface area contributed by atoms with Gasteiger partial charge in [-0.1, -0.05) is 13.8 Å². The van der Waals surface area contributed by atoms with Crippen LogP contribution in [0.4, 0.5) is 0 Å². The van der Waals surface area contributed by atoms with Crippen LogP contribution in [0.1, 0.15) is 20.3 Å². The van der Waals surface area contributed by atoms with Crippen molar-refractivity contribution in [3.05, 3.63) is 0 Å². The number of rotatable bonds is 1. The van der Waals surface area contributed by atoms with Crippen LogP contribution in [0, 0.1) is 11.8 Å². The summed E-state index contributed by atoms with van der Waals surface area (Å²) < 4.78 is 0. The SMILES string of the molecule is CC(C)C(=O)N1C[C@@H]2CNC[C@H]1C2. The molecule has 2 aliphatic rings. The fraction of sp³-hybridized carbons (Fsp3) is 0.900. The van der Waals surface area contributed by atoms with E-state index < -0.39 is 0 Å². The molecule has 0 aromatic heterocycles. The molecule has 0 aliphatic carbocycles. The van der Waals surface area contributed by atoms with Crippen LogP contribution in [-0.4, -0.2) is 36.5 Å². The molecule has 2 bridgehead atoms. The molecule has 0 saturated carbocycles. The van der Waals surface area contributed by atoms with Gasteiger partial charge in [0.05, 0.1) is 0 Å². The second kappa shape index (κ2) is 3.29.